The van der Waals surface area contributed by atoms with Crippen LogP contribution in [0.2, 0.25) is 51.4 Å². The molecule has 296 valence electrons. The van der Waals surface area contributed by atoms with Crippen LogP contribution < -0.4 is 4.90 Å². The molecular weight excluding hydrogens is 717 g/mol. The van der Waals surface area contributed by atoms with Crippen molar-refractivity contribution < 1.29 is 28.5 Å². The number of amides is 1. The first-order valence-corrected chi connectivity index (χ1v) is 26.9. The summed E-state index contributed by atoms with van der Waals surface area (Å²) in [7, 11) is -2.69. The Morgan fingerprint density at radius 3 is 2.09 bits per heavy atom. The molecule has 5 rings (SSSR count). The minimum atomic E-state index is -1.35. The molecule has 5 heterocycles. The number of piperidine rings is 1. The average Bonchev–Trinajstić information content (AvgIpc) is 3.62. The highest BCUT2D eigenvalue weighted by Gasteiger charge is 2.46. The van der Waals surface area contributed by atoms with Crippen molar-refractivity contribution in [1.29, 1.82) is 0 Å². The van der Waals surface area contributed by atoms with Gasteiger partial charge in [0.2, 0.25) is 0 Å². The fourth-order valence-corrected chi connectivity index (χ4v) is 8.73. The van der Waals surface area contributed by atoms with Gasteiger partial charge in [-0.05, 0) is 71.5 Å². The van der Waals surface area contributed by atoms with E-state index in [4.69, 9.17) is 29.0 Å². The van der Waals surface area contributed by atoms with Gasteiger partial charge in [-0.25, -0.2) is 9.78 Å². The van der Waals surface area contributed by atoms with Crippen molar-refractivity contribution >= 4 is 45.8 Å². The molecule has 2 unspecified atom stereocenters. The topological polar surface area (TPSA) is 121 Å². The molecule has 12 nitrogen and oxygen atoms in total. The molecule has 0 spiro atoms. The molecule has 54 heavy (non-hydrogen) atoms. The minimum Gasteiger partial charge on any atom is -0.494 e. The number of aldehydes is 1. The highest BCUT2D eigenvalue weighted by atomic mass is 28.3. The van der Waals surface area contributed by atoms with Crippen LogP contribution >= 0.6 is 0 Å². The van der Waals surface area contributed by atoms with Gasteiger partial charge in [-0.3, -0.25) is 9.78 Å². The van der Waals surface area contributed by atoms with E-state index < -0.39 is 21.7 Å². The molecule has 2 aliphatic heterocycles. The number of aromatic nitrogens is 4. The van der Waals surface area contributed by atoms with Gasteiger partial charge in [-0.2, -0.15) is 9.61 Å². The number of pyridine rings is 1. The molecule has 3 aromatic rings. The zero-order valence-electron chi connectivity index (χ0n) is 34.2. The van der Waals surface area contributed by atoms with Crippen molar-refractivity contribution in [2.75, 3.05) is 38.2 Å². The lowest BCUT2D eigenvalue weighted by molar-refractivity contribution is 0.00565. The molecule has 3 aromatic heterocycles. The SMILES string of the molecule is C=C(OCC)c1c(C2CC3CC[C@H](C2)N3C(=O)OC(C)(C)C)nc2c(-c3ccc(C=O)nc3)cnn2c1N(COCC[Si](C)(C)C)COCC[Si](C)(C)C. The van der Waals surface area contributed by atoms with Crippen molar-refractivity contribution in [3.63, 3.8) is 0 Å². The predicted molar refractivity (Wildman–Crippen MR) is 220 cm³/mol. The summed E-state index contributed by atoms with van der Waals surface area (Å²) in [5.41, 5.74) is 3.61. The number of rotatable bonds is 17. The van der Waals surface area contributed by atoms with Crippen molar-refractivity contribution in [2.45, 2.75) is 128 Å². The summed E-state index contributed by atoms with van der Waals surface area (Å²) >= 11 is 0. The van der Waals surface area contributed by atoms with Gasteiger partial charge in [0.25, 0.3) is 0 Å². The minimum absolute atomic E-state index is 0.00192. The first-order chi connectivity index (χ1) is 25.4. The van der Waals surface area contributed by atoms with Gasteiger partial charge >= 0.3 is 6.09 Å². The molecule has 0 aromatic carbocycles. The Labute approximate surface area is 323 Å². The first-order valence-electron chi connectivity index (χ1n) is 19.5. The van der Waals surface area contributed by atoms with E-state index in [0.717, 1.165) is 72.3 Å². The van der Waals surface area contributed by atoms with Gasteiger partial charge in [-0.15, -0.1) is 0 Å². The Morgan fingerprint density at radius 1 is 0.981 bits per heavy atom. The van der Waals surface area contributed by atoms with E-state index in [0.29, 0.717) is 36.9 Å². The first kappa shape index (κ1) is 41.6. The van der Waals surface area contributed by atoms with Crippen LogP contribution in [-0.2, 0) is 18.9 Å². The Morgan fingerprint density at radius 2 is 1.59 bits per heavy atom. The van der Waals surface area contributed by atoms with E-state index in [9.17, 15) is 9.59 Å². The van der Waals surface area contributed by atoms with Gasteiger partial charge < -0.3 is 28.7 Å². The molecule has 2 saturated heterocycles. The van der Waals surface area contributed by atoms with E-state index in [2.05, 4.69) is 55.7 Å². The van der Waals surface area contributed by atoms with E-state index in [1.165, 1.54) is 0 Å². The van der Waals surface area contributed by atoms with Crippen LogP contribution in [0, 0.1) is 0 Å². The molecule has 2 bridgehead atoms. The van der Waals surface area contributed by atoms with Crippen LogP contribution in [0.3, 0.4) is 0 Å². The Hall–Kier alpha value is -3.60. The molecule has 3 atom stereocenters. The predicted octanol–water partition coefficient (Wildman–Crippen LogP) is 8.69. The van der Waals surface area contributed by atoms with Crippen LogP contribution in [0.1, 0.15) is 81.0 Å². The second kappa shape index (κ2) is 17.0. The lowest BCUT2D eigenvalue weighted by atomic mass is 9.85. The number of nitrogens with zero attached hydrogens (tertiary/aromatic N) is 6. The molecule has 0 N–H and O–H groups in total. The van der Waals surface area contributed by atoms with Crippen molar-refractivity contribution in [3.05, 3.63) is 48.1 Å². The number of hydrogen-bond donors (Lipinski definition) is 0. The normalized spacial score (nSPS) is 18.9. The summed E-state index contributed by atoms with van der Waals surface area (Å²) in [5.74, 6) is 1.24. The fourth-order valence-electron chi connectivity index (χ4n) is 7.21. The maximum atomic E-state index is 13.5. The second-order valence-electron chi connectivity index (χ2n) is 18.1. The summed E-state index contributed by atoms with van der Waals surface area (Å²) < 4.78 is 26.9. The maximum absolute atomic E-state index is 13.5. The van der Waals surface area contributed by atoms with Crippen LogP contribution in [0.25, 0.3) is 22.5 Å². The third-order valence-corrected chi connectivity index (χ3v) is 13.4. The lowest BCUT2D eigenvalue weighted by Gasteiger charge is -2.40. The zero-order chi connectivity index (χ0) is 39.4. The van der Waals surface area contributed by atoms with E-state index in [-0.39, 0.29) is 37.6 Å². The van der Waals surface area contributed by atoms with Gasteiger partial charge in [0.1, 0.15) is 36.3 Å². The van der Waals surface area contributed by atoms with Crippen LogP contribution in [0.15, 0.2) is 31.1 Å². The van der Waals surface area contributed by atoms with Gasteiger partial charge in [-0.1, -0.05) is 51.9 Å². The third kappa shape index (κ3) is 10.4. The van der Waals surface area contributed by atoms with Crippen molar-refractivity contribution in [1.82, 2.24) is 24.5 Å². The highest BCUT2D eigenvalue weighted by Crippen LogP contribution is 2.47. The van der Waals surface area contributed by atoms with Crippen LogP contribution in [0.5, 0.6) is 0 Å². The van der Waals surface area contributed by atoms with Gasteiger partial charge in [0, 0.05) is 64.7 Å². The molecular formula is C40H62N6O6Si2. The van der Waals surface area contributed by atoms with E-state index in [1.807, 2.05) is 43.2 Å². The van der Waals surface area contributed by atoms with E-state index in [1.54, 1.807) is 18.5 Å². The van der Waals surface area contributed by atoms with Crippen LogP contribution in [-0.4, -0.2) is 104 Å². The van der Waals surface area contributed by atoms with E-state index >= 15 is 0 Å². The maximum Gasteiger partial charge on any atom is 0.410 e. The quantitative estimate of drug-likeness (QED) is 0.0433. The average molecular weight is 779 g/mol. The molecule has 0 radical (unpaired) electrons. The molecule has 14 heteroatoms. The number of ether oxygens (including phenoxy) is 4. The number of anilines is 1. The lowest BCUT2D eigenvalue weighted by Crippen LogP contribution is -2.48. The van der Waals surface area contributed by atoms with Crippen molar-refractivity contribution in [2.24, 2.45) is 0 Å². The monoisotopic (exact) mass is 778 g/mol. The molecule has 2 fully saturated rings. The second-order valence-corrected chi connectivity index (χ2v) is 29.4. The summed E-state index contributed by atoms with van der Waals surface area (Å²) in [5, 5.41) is 4.95. The van der Waals surface area contributed by atoms with Gasteiger partial charge in [0.05, 0.1) is 24.1 Å². The third-order valence-electron chi connectivity index (χ3n) is 9.98. The smallest absolute Gasteiger partial charge is 0.410 e. The molecule has 1 amide bonds. The largest absolute Gasteiger partial charge is 0.494 e. The summed E-state index contributed by atoms with van der Waals surface area (Å²) in [6, 6.07) is 5.68. The fraction of sp³-hybridized carbons (Fsp3) is 0.625. The zero-order valence-corrected chi connectivity index (χ0v) is 36.2. The summed E-state index contributed by atoms with van der Waals surface area (Å²) in [6.07, 6.45) is 7.24. The van der Waals surface area contributed by atoms with Crippen LogP contribution in [0.4, 0.5) is 10.6 Å². The Bertz CT molecular complexity index is 1740. The molecule has 0 saturated carbocycles. The standard InChI is InChI=1S/C40H62N6O6Si2/c1-12-51-28(2)35-36(30-21-32-15-16-33(22-30)45(32)39(48)52-40(3,4)5)43-37-34(29-13-14-31(25-47)41-23-29)24-42-46(37)38(35)44(26-49-17-19-53(6,7)8)27-50-18-20-54(9,10)11/h13-14,23-25,30,32-33H,2,12,15-22,26-27H2,1,3-11H3/t30?,32-,33?/m1/s1. The summed E-state index contributed by atoms with van der Waals surface area (Å²) in [4.78, 5) is 38.8. The number of carbonyl (C=O) groups is 2. The highest BCUT2D eigenvalue weighted by molar-refractivity contribution is 6.76. The Kier molecular flexibility index (Phi) is 13.1. The van der Waals surface area contributed by atoms with Gasteiger partial charge in [0.15, 0.2) is 11.9 Å². The molecule has 0 aliphatic carbocycles. The number of carbonyl (C=O) groups excluding carboxylic acids is 2. The molecule has 2 aliphatic rings. The number of hydrogen-bond acceptors (Lipinski definition) is 10. The Balaban J connectivity index is 1.66. The summed E-state index contributed by atoms with van der Waals surface area (Å²) in [6.45, 7) is 28.5. The number of fused-ring (bicyclic) bond motifs is 3. The van der Waals surface area contributed by atoms with Crippen molar-refractivity contribution in [3.8, 4) is 11.1 Å².